The Morgan fingerprint density at radius 2 is 1.49 bits per heavy atom. The number of rotatable bonds is 21. The largest absolute Gasteiger partial charge is 0.462 e. The van der Waals surface area contributed by atoms with E-state index < -0.39 is 0 Å². The van der Waals surface area contributed by atoms with E-state index in [0.717, 1.165) is 74.5 Å². The van der Waals surface area contributed by atoms with Gasteiger partial charge in [0.2, 0.25) is 0 Å². The van der Waals surface area contributed by atoms with Crippen LogP contribution in [0.4, 0.5) is 0 Å². The molecular formula is C49H80O2. The zero-order valence-corrected chi connectivity index (χ0v) is 34.5. The zero-order chi connectivity index (χ0) is 36.7. The molecule has 0 heterocycles. The molecule has 0 radical (unpaired) electrons. The number of hydrogen-bond donors (Lipinski definition) is 0. The van der Waals surface area contributed by atoms with Crippen LogP contribution in [0.3, 0.4) is 0 Å². The van der Waals surface area contributed by atoms with Crippen LogP contribution < -0.4 is 0 Å². The minimum Gasteiger partial charge on any atom is -0.462 e. The van der Waals surface area contributed by atoms with Crippen molar-refractivity contribution in [1.29, 1.82) is 0 Å². The van der Waals surface area contributed by atoms with Gasteiger partial charge in [-0.05, 0) is 149 Å². The molecule has 51 heavy (non-hydrogen) atoms. The standard InChI is InChI=1S/C49H80O2/c1-8-10-11-12-13-14-15-16-17-18-19-20-21-22-23-24-25-26-47(50)51-42-33-35-48(6)41(37-42)29-30-43-45-32-31-44(49(45,7)36-34-46(43)48)39(5)27-28-40(9-2)38(3)4/h13-14,16-17,19-20,27-29,38-40,42-46H,8-12,15,18,21-26,30-37H2,1-7H3/b14-13-,17-16-,20-19-,28-27+. The summed E-state index contributed by atoms with van der Waals surface area (Å²) in [5, 5.41) is 0. The minimum absolute atomic E-state index is 0.0348. The van der Waals surface area contributed by atoms with Crippen molar-refractivity contribution in [3.05, 3.63) is 60.3 Å². The maximum absolute atomic E-state index is 12.9. The van der Waals surface area contributed by atoms with E-state index in [1.54, 1.807) is 5.57 Å². The Morgan fingerprint density at radius 3 is 2.18 bits per heavy atom. The number of carbonyl (C=O) groups excluding carboxylic acids is 1. The number of hydrogen-bond acceptors (Lipinski definition) is 2. The molecule has 2 heteroatoms. The maximum atomic E-state index is 12.9. The van der Waals surface area contributed by atoms with E-state index >= 15 is 0 Å². The van der Waals surface area contributed by atoms with Gasteiger partial charge in [0.05, 0.1) is 0 Å². The number of carbonyl (C=O) groups is 1. The van der Waals surface area contributed by atoms with Crippen molar-refractivity contribution in [2.24, 2.45) is 52.3 Å². The number of esters is 1. The summed E-state index contributed by atoms with van der Waals surface area (Å²) in [7, 11) is 0. The van der Waals surface area contributed by atoms with Crippen LogP contribution in [0.15, 0.2) is 60.3 Å². The first-order valence-electron chi connectivity index (χ1n) is 22.2. The van der Waals surface area contributed by atoms with Gasteiger partial charge in [-0.25, -0.2) is 0 Å². The molecule has 3 fully saturated rings. The summed E-state index contributed by atoms with van der Waals surface area (Å²) in [5.41, 5.74) is 2.41. The molecule has 0 aliphatic heterocycles. The highest BCUT2D eigenvalue weighted by Crippen LogP contribution is 2.67. The van der Waals surface area contributed by atoms with Gasteiger partial charge in [-0.1, -0.05) is 134 Å². The van der Waals surface area contributed by atoms with Crippen molar-refractivity contribution in [2.45, 2.75) is 189 Å². The van der Waals surface area contributed by atoms with Crippen LogP contribution in [-0.2, 0) is 9.53 Å². The van der Waals surface area contributed by atoms with Gasteiger partial charge in [0.1, 0.15) is 6.10 Å². The topological polar surface area (TPSA) is 26.3 Å². The predicted molar refractivity (Wildman–Crippen MR) is 220 cm³/mol. The fraction of sp³-hybridized carbons (Fsp3) is 0.776. The predicted octanol–water partition coefficient (Wildman–Crippen LogP) is 14.7. The normalized spacial score (nSPS) is 32.1. The molecule has 3 saturated carbocycles. The van der Waals surface area contributed by atoms with Crippen molar-refractivity contribution in [2.75, 3.05) is 0 Å². The molecular weight excluding hydrogens is 621 g/mol. The molecule has 288 valence electrons. The monoisotopic (exact) mass is 701 g/mol. The molecule has 4 rings (SSSR count). The highest BCUT2D eigenvalue weighted by atomic mass is 16.5. The van der Waals surface area contributed by atoms with E-state index in [0.29, 0.717) is 29.1 Å². The molecule has 0 saturated heterocycles. The molecule has 4 aliphatic rings. The van der Waals surface area contributed by atoms with Gasteiger partial charge in [-0.2, -0.15) is 0 Å². The average Bonchev–Trinajstić information content (AvgIpc) is 3.47. The lowest BCUT2D eigenvalue weighted by molar-refractivity contribution is -0.151. The quantitative estimate of drug-likeness (QED) is 0.0677. The molecule has 0 spiro atoms. The van der Waals surface area contributed by atoms with Gasteiger partial charge in [0.25, 0.3) is 0 Å². The number of ether oxygens (including phenoxy) is 1. The SMILES string of the molecule is CCCCC/C=C\C/C=C\C/C=C\CCCCCCC(=O)OC1CCC2(C)C(=CCC3C2CCC2(C)C(C(C)/C=C/C(CC)C(C)C)CCC32)C1. The fourth-order valence-corrected chi connectivity index (χ4v) is 11.3. The Balaban J connectivity index is 1.13. The molecule has 0 aromatic carbocycles. The van der Waals surface area contributed by atoms with Crippen LogP contribution in [0.25, 0.3) is 0 Å². The van der Waals surface area contributed by atoms with Crippen molar-refractivity contribution >= 4 is 5.97 Å². The van der Waals surface area contributed by atoms with Gasteiger partial charge in [0.15, 0.2) is 0 Å². The Labute approximate surface area is 316 Å². The minimum atomic E-state index is 0.0348. The van der Waals surface area contributed by atoms with E-state index in [9.17, 15) is 4.79 Å². The second kappa shape index (κ2) is 21.2. The Bertz CT molecular complexity index is 1180. The lowest BCUT2D eigenvalue weighted by atomic mass is 9.47. The maximum Gasteiger partial charge on any atom is 0.306 e. The fourth-order valence-electron chi connectivity index (χ4n) is 11.3. The van der Waals surface area contributed by atoms with Crippen LogP contribution in [0, 0.1) is 52.3 Å². The lowest BCUT2D eigenvalue weighted by Gasteiger charge is -2.58. The Morgan fingerprint density at radius 1 is 0.804 bits per heavy atom. The third kappa shape index (κ3) is 11.6. The van der Waals surface area contributed by atoms with Crippen LogP contribution in [0.2, 0.25) is 0 Å². The summed E-state index contributed by atoms with van der Waals surface area (Å²) in [6.07, 6.45) is 46.5. The average molecular weight is 701 g/mol. The first-order chi connectivity index (χ1) is 24.6. The van der Waals surface area contributed by atoms with Crippen molar-refractivity contribution in [1.82, 2.24) is 0 Å². The van der Waals surface area contributed by atoms with Gasteiger partial charge in [-0.3, -0.25) is 4.79 Å². The molecule has 2 nitrogen and oxygen atoms in total. The molecule has 0 N–H and O–H groups in total. The summed E-state index contributed by atoms with van der Waals surface area (Å²) < 4.78 is 6.13. The van der Waals surface area contributed by atoms with Crippen molar-refractivity contribution in [3.8, 4) is 0 Å². The second-order valence-electron chi connectivity index (χ2n) is 18.2. The van der Waals surface area contributed by atoms with Crippen LogP contribution in [0.1, 0.15) is 183 Å². The van der Waals surface area contributed by atoms with Gasteiger partial charge in [0, 0.05) is 12.8 Å². The van der Waals surface area contributed by atoms with Crippen molar-refractivity contribution < 1.29 is 9.53 Å². The van der Waals surface area contributed by atoms with Crippen LogP contribution >= 0.6 is 0 Å². The van der Waals surface area contributed by atoms with E-state index in [-0.39, 0.29) is 12.1 Å². The summed E-state index contributed by atoms with van der Waals surface area (Å²) in [6, 6.07) is 0. The Kier molecular flexibility index (Phi) is 17.4. The van der Waals surface area contributed by atoms with Gasteiger partial charge < -0.3 is 4.74 Å². The van der Waals surface area contributed by atoms with Crippen molar-refractivity contribution in [3.63, 3.8) is 0 Å². The summed E-state index contributed by atoms with van der Waals surface area (Å²) in [5.74, 6) is 5.48. The van der Waals surface area contributed by atoms with E-state index in [2.05, 4.69) is 103 Å². The molecule has 0 bridgehead atoms. The van der Waals surface area contributed by atoms with E-state index in [1.165, 1.54) is 83.5 Å². The van der Waals surface area contributed by atoms with Crippen LogP contribution in [0.5, 0.6) is 0 Å². The highest BCUT2D eigenvalue weighted by molar-refractivity contribution is 5.69. The molecule has 0 aromatic heterocycles. The number of unbranched alkanes of at least 4 members (excludes halogenated alkanes) is 7. The summed E-state index contributed by atoms with van der Waals surface area (Å²) >= 11 is 0. The highest BCUT2D eigenvalue weighted by Gasteiger charge is 2.59. The molecule has 0 aromatic rings. The first-order valence-corrected chi connectivity index (χ1v) is 22.2. The molecule has 4 aliphatic carbocycles. The third-order valence-corrected chi connectivity index (χ3v) is 14.6. The molecule has 0 amide bonds. The molecule has 9 atom stereocenters. The van der Waals surface area contributed by atoms with E-state index in [4.69, 9.17) is 4.74 Å². The Hall–Kier alpha value is -1.83. The van der Waals surface area contributed by atoms with Gasteiger partial charge >= 0.3 is 5.97 Å². The van der Waals surface area contributed by atoms with Gasteiger partial charge in [-0.15, -0.1) is 0 Å². The second-order valence-corrected chi connectivity index (χ2v) is 18.2. The number of fused-ring (bicyclic) bond motifs is 5. The third-order valence-electron chi connectivity index (χ3n) is 14.6. The van der Waals surface area contributed by atoms with Crippen LogP contribution in [-0.4, -0.2) is 12.1 Å². The summed E-state index contributed by atoms with van der Waals surface area (Å²) in [4.78, 5) is 12.9. The smallest absolute Gasteiger partial charge is 0.306 e. The first kappa shape index (κ1) is 41.9. The number of allylic oxidation sites excluding steroid dienone is 9. The van der Waals surface area contributed by atoms with E-state index in [1.807, 2.05) is 0 Å². The lowest BCUT2D eigenvalue weighted by Crippen LogP contribution is -2.51. The molecule has 9 unspecified atom stereocenters. The summed E-state index contributed by atoms with van der Waals surface area (Å²) in [6.45, 7) is 17.1. The zero-order valence-electron chi connectivity index (χ0n) is 34.5.